The monoisotopic (exact) mass is 312 g/mol. The first kappa shape index (κ1) is 16.1. The van der Waals surface area contributed by atoms with Crippen LogP contribution < -0.4 is 10.5 Å². The highest BCUT2D eigenvalue weighted by Crippen LogP contribution is 2.23. The van der Waals surface area contributed by atoms with Gasteiger partial charge in [0.15, 0.2) is 0 Å². The number of para-hydroxylation sites is 1. The Morgan fingerprint density at radius 2 is 2.10 bits per heavy atom. The number of benzene rings is 1. The molecule has 1 aromatic rings. The molecular weight excluding hydrogens is 292 g/mol. The molecule has 5 nitrogen and oxygen atoms in total. The van der Waals surface area contributed by atoms with Gasteiger partial charge in [0.05, 0.1) is 17.1 Å². The summed E-state index contributed by atoms with van der Waals surface area (Å²) in [6.07, 6.45) is 1.11. The molecule has 0 aliphatic carbocycles. The fourth-order valence-corrected chi connectivity index (χ4v) is 2.48. The van der Waals surface area contributed by atoms with Crippen LogP contribution in [0.5, 0.6) is 5.75 Å². The van der Waals surface area contributed by atoms with Gasteiger partial charge in [0.25, 0.3) is 0 Å². The zero-order chi connectivity index (χ0) is 15.3. The number of ether oxygens (including phenoxy) is 2. The Balaban J connectivity index is 1.83. The van der Waals surface area contributed by atoms with Crippen LogP contribution >= 0.6 is 11.6 Å². The number of carbonyl (C=O) groups excluding carboxylic acids is 1. The number of nitrogens with zero attached hydrogens (tertiary/aromatic N) is 1. The summed E-state index contributed by atoms with van der Waals surface area (Å²) < 4.78 is 10.8. The van der Waals surface area contributed by atoms with Crippen LogP contribution in [0.4, 0.5) is 0 Å². The van der Waals surface area contributed by atoms with Gasteiger partial charge in [-0.2, -0.15) is 0 Å². The number of nitrogens with two attached hydrogens (primary N) is 1. The summed E-state index contributed by atoms with van der Waals surface area (Å²) >= 11 is 6.01. The average Bonchev–Trinajstić information content (AvgIpc) is 2.49. The summed E-state index contributed by atoms with van der Waals surface area (Å²) in [4.78, 5) is 14.0. The molecule has 0 unspecified atom stereocenters. The molecule has 0 radical (unpaired) electrons. The van der Waals surface area contributed by atoms with Crippen molar-refractivity contribution in [2.45, 2.75) is 18.4 Å². The van der Waals surface area contributed by atoms with Crippen LogP contribution in [-0.2, 0) is 9.53 Å². The summed E-state index contributed by atoms with van der Waals surface area (Å²) in [5.41, 5.74) is 5.37. The van der Waals surface area contributed by atoms with Gasteiger partial charge in [-0.05, 0) is 25.0 Å². The molecule has 0 aromatic heterocycles. The van der Waals surface area contributed by atoms with Crippen molar-refractivity contribution in [2.75, 3.05) is 33.4 Å². The lowest BCUT2D eigenvalue weighted by Gasteiger charge is -2.35. The van der Waals surface area contributed by atoms with E-state index in [4.69, 9.17) is 26.8 Å². The molecule has 116 valence electrons. The molecule has 1 heterocycles. The standard InChI is InChI=1S/C15H21ClN2O3/c1-18(14(19)15(17)6-9-20-10-7-15)8-11-21-13-5-3-2-4-12(13)16/h2-5H,6-11,17H2,1H3. The first-order chi connectivity index (χ1) is 10.0. The lowest BCUT2D eigenvalue weighted by molar-refractivity contribution is -0.139. The van der Waals surface area contributed by atoms with Gasteiger partial charge in [-0.15, -0.1) is 0 Å². The smallest absolute Gasteiger partial charge is 0.242 e. The van der Waals surface area contributed by atoms with E-state index in [9.17, 15) is 4.79 Å². The van der Waals surface area contributed by atoms with Crippen molar-refractivity contribution in [3.63, 3.8) is 0 Å². The van der Waals surface area contributed by atoms with E-state index in [2.05, 4.69) is 0 Å². The van der Waals surface area contributed by atoms with Crippen LogP contribution in [0.2, 0.25) is 5.02 Å². The van der Waals surface area contributed by atoms with Crippen molar-refractivity contribution in [1.82, 2.24) is 4.90 Å². The highest BCUT2D eigenvalue weighted by molar-refractivity contribution is 6.32. The minimum atomic E-state index is -0.808. The van der Waals surface area contributed by atoms with Crippen LogP contribution in [-0.4, -0.2) is 49.8 Å². The zero-order valence-electron chi connectivity index (χ0n) is 12.2. The molecular formula is C15H21ClN2O3. The van der Waals surface area contributed by atoms with E-state index in [0.717, 1.165) is 0 Å². The van der Waals surface area contributed by atoms with Crippen molar-refractivity contribution in [1.29, 1.82) is 0 Å². The van der Waals surface area contributed by atoms with Crippen LogP contribution in [0.15, 0.2) is 24.3 Å². The number of carbonyl (C=O) groups is 1. The number of amides is 1. The summed E-state index contributed by atoms with van der Waals surface area (Å²) in [7, 11) is 1.74. The molecule has 1 aliphatic rings. The van der Waals surface area contributed by atoms with E-state index in [-0.39, 0.29) is 5.91 Å². The fourth-order valence-electron chi connectivity index (χ4n) is 2.29. The normalized spacial score (nSPS) is 17.3. The van der Waals surface area contributed by atoms with Gasteiger partial charge in [-0.1, -0.05) is 23.7 Å². The van der Waals surface area contributed by atoms with Crippen LogP contribution in [0, 0.1) is 0 Å². The molecule has 2 rings (SSSR count). The quantitative estimate of drug-likeness (QED) is 0.898. The topological polar surface area (TPSA) is 64.8 Å². The Kier molecular flexibility index (Phi) is 5.45. The van der Waals surface area contributed by atoms with Gasteiger partial charge in [0.2, 0.25) is 5.91 Å². The van der Waals surface area contributed by atoms with E-state index in [1.165, 1.54) is 0 Å². The third kappa shape index (κ3) is 4.09. The SMILES string of the molecule is CN(CCOc1ccccc1Cl)C(=O)C1(N)CCOCC1. The molecule has 1 amide bonds. The number of rotatable bonds is 5. The second kappa shape index (κ2) is 7.11. The first-order valence-electron chi connectivity index (χ1n) is 7.02. The number of halogens is 1. The Bertz CT molecular complexity index is 490. The second-order valence-electron chi connectivity index (χ2n) is 5.27. The Labute approximate surface area is 130 Å². The van der Waals surface area contributed by atoms with E-state index in [1.807, 2.05) is 12.1 Å². The maximum absolute atomic E-state index is 12.4. The molecule has 1 aromatic carbocycles. The predicted molar refractivity (Wildman–Crippen MR) is 81.6 cm³/mol. The second-order valence-corrected chi connectivity index (χ2v) is 5.68. The molecule has 0 atom stereocenters. The summed E-state index contributed by atoms with van der Waals surface area (Å²) in [6, 6.07) is 7.26. The maximum Gasteiger partial charge on any atom is 0.242 e. The molecule has 1 fully saturated rings. The van der Waals surface area contributed by atoms with Gasteiger partial charge in [-0.25, -0.2) is 0 Å². The molecule has 21 heavy (non-hydrogen) atoms. The lowest BCUT2D eigenvalue weighted by atomic mass is 9.90. The Hall–Kier alpha value is -1.30. The lowest BCUT2D eigenvalue weighted by Crippen LogP contribution is -2.57. The molecule has 2 N–H and O–H groups in total. The van der Waals surface area contributed by atoms with Crippen molar-refractivity contribution in [2.24, 2.45) is 5.73 Å². The Morgan fingerprint density at radius 3 is 2.76 bits per heavy atom. The third-order valence-corrected chi connectivity index (χ3v) is 3.99. The molecule has 0 bridgehead atoms. The van der Waals surface area contributed by atoms with E-state index >= 15 is 0 Å². The minimum absolute atomic E-state index is 0.0615. The molecule has 1 aliphatic heterocycles. The molecule has 0 spiro atoms. The fraction of sp³-hybridized carbons (Fsp3) is 0.533. The number of hydrogen-bond donors (Lipinski definition) is 1. The van der Waals surface area contributed by atoms with E-state index in [1.54, 1.807) is 24.1 Å². The van der Waals surface area contributed by atoms with Gasteiger partial charge >= 0.3 is 0 Å². The van der Waals surface area contributed by atoms with E-state index in [0.29, 0.717) is 50.0 Å². The van der Waals surface area contributed by atoms with Crippen LogP contribution in [0.1, 0.15) is 12.8 Å². The number of hydrogen-bond acceptors (Lipinski definition) is 4. The molecule has 1 saturated heterocycles. The third-order valence-electron chi connectivity index (χ3n) is 3.68. The summed E-state index contributed by atoms with van der Waals surface area (Å²) in [6.45, 7) is 1.90. The first-order valence-corrected chi connectivity index (χ1v) is 7.40. The Morgan fingerprint density at radius 1 is 1.43 bits per heavy atom. The maximum atomic E-state index is 12.4. The summed E-state index contributed by atoms with van der Waals surface area (Å²) in [5, 5.41) is 0.561. The largest absolute Gasteiger partial charge is 0.490 e. The number of likely N-dealkylation sites (N-methyl/N-ethyl adjacent to an activating group) is 1. The van der Waals surface area contributed by atoms with Gasteiger partial charge in [-0.3, -0.25) is 4.79 Å². The molecule has 0 saturated carbocycles. The predicted octanol–water partition coefficient (Wildman–Crippen LogP) is 1.69. The van der Waals surface area contributed by atoms with Gasteiger partial charge < -0.3 is 20.1 Å². The molecule has 6 heteroatoms. The highest BCUT2D eigenvalue weighted by Gasteiger charge is 2.37. The van der Waals surface area contributed by atoms with Crippen molar-refractivity contribution < 1.29 is 14.3 Å². The average molecular weight is 313 g/mol. The zero-order valence-corrected chi connectivity index (χ0v) is 12.9. The van der Waals surface area contributed by atoms with Gasteiger partial charge in [0.1, 0.15) is 12.4 Å². The minimum Gasteiger partial charge on any atom is -0.490 e. The van der Waals surface area contributed by atoms with Crippen molar-refractivity contribution >= 4 is 17.5 Å². The highest BCUT2D eigenvalue weighted by atomic mass is 35.5. The van der Waals surface area contributed by atoms with Gasteiger partial charge in [0, 0.05) is 20.3 Å². The van der Waals surface area contributed by atoms with Crippen LogP contribution in [0.25, 0.3) is 0 Å². The van der Waals surface area contributed by atoms with E-state index < -0.39 is 5.54 Å². The summed E-state index contributed by atoms with van der Waals surface area (Å²) in [5.74, 6) is 0.558. The van der Waals surface area contributed by atoms with Crippen molar-refractivity contribution in [3.8, 4) is 5.75 Å². The van der Waals surface area contributed by atoms with Crippen molar-refractivity contribution in [3.05, 3.63) is 29.3 Å². The van der Waals surface area contributed by atoms with Crippen LogP contribution in [0.3, 0.4) is 0 Å².